The van der Waals surface area contributed by atoms with Gasteiger partial charge in [-0.25, -0.2) is 4.98 Å². The molecule has 0 aliphatic carbocycles. The smallest absolute Gasteiger partial charge is 0.237 e. The molecule has 0 radical (unpaired) electrons. The van der Waals surface area contributed by atoms with Gasteiger partial charge >= 0.3 is 0 Å². The highest BCUT2D eigenvalue weighted by atomic mass is 16.1. The van der Waals surface area contributed by atoms with Gasteiger partial charge in [0.25, 0.3) is 0 Å². The highest BCUT2D eigenvalue weighted by molar-refractivity contribution is 5.84. The molecular formula is C14H27N5O. The minimum atomic E-state index is -0.677. The van der Waals surface area contributed by atoms with E-state index in [4.69, 9.17) is 5.73 Å². The number of aryl methyl sites for hydroxylation is 1. The summed E-state index contributed by atoms with van der Waals surface area (Å²) in [6.45, 7) is 7.41. The van der Waals surface area contributed by atoms with Crippen LogP contribution in [-0.4, -0.2) is 45.5 Å². The van der Waals surface area contributed by atoms with Crippen molar-refractivity contribution >= 4 is 5.91 Å². The van der Waals surface area contributed by atoms with E-state index in [0.29, 0.717) is 6.42 Å². The van der Waals surface area contributed by atoms with Crippen LogP contribution >= 0.6 is 0 Å². The van der Waals surface area contributed by atoms with Crippen LogP contribution in [0.25, 0.3) is 0 Å². The molecule has 114 valence electrons. The van der Waals surface area contributed by atoms with Crippen LogP contribution in [0.1, 0.15) is 33.0 Å². The molecule has 6 nitrogen and oxygen atoms in total. The first-order chi connectivity index (χ1) is 9.24. The molecule has 3 N–H and O–H groups in total. The van der Waals surface area contributed by atoms with E-state index in [2.05, 4.69) is 15.2 Å². The number of amides is 1. The van der Waals surface area contributed by atoms with Crippen LogP contribution in [0.15, 0.2) is 12.4 Å². The van der Waals surface area contributed by atoms with Crippen molar-refractivity contribution in [1.82, 2.24) is 19.8 Å². The summed E-state index contributed by atoms with van der Waals surface area (Å²) in [6.07, 6.45) is 4.38. The molecule has 0 bridgehead atoms. The van der Waals surface area contributed by atoms with Crippen LogP contribution in [0.4, 0.5) is 0 Å². The first kappa shape index (κ1) is 16.7. The summed E-state index contributed by atoms with van der Waals surface area (Å²) in [4.78, 5) is 18.1. The Balaban J connectivity index is 2.55. The van der Waals surface area contributed by atoms with Crippen LogP contribution in [0.2, 0.25) is 0 Å². The number of imidazole rings is 1. The Kier molecular flexibility index (Phi) is 5.71. The maximum atomic E-state index is 11.7. The second kappa shape index (κ2) is 6.85. The van der Waals surface area contributed by atoms with Crippen LogP contribution < -0.4 is 11.1 Å². The predicted molar refractivity (Wildman–Crippen MR) is 80.0 cm³/mol. The van der Waals surface area contributed by atoms with Gasteiger partial charge in [0.1, 0.15) is 5.82 Å². The quantitative estimate of drug-likeness (QED) is 0.727. The molecule has 0 saturated heterocycles. The molecule has 0 aliphatic heterocycles. The predicted octanol–water partition coefficient (Wildman–Crippen LogP) is 0.484. The molecule has 20 heavy (non-hydrogen) atoms. The summed E-state index contributed by atoms with van der Waals surface area (Å²) in [5.74, 6) is 0.696. The van der Waals surface area contributed by atoms with Crippen LogP contribution in [0.3, 0.4) is 0 Å². The Bertz CT molecular complexity index is 443. The van der Waals surface area contributed by atoms with E-state index in [1.54, 1.807) is 6.20 Å². The number of rotatable bonds is 8. The highest BCUT2D eigenvalue weighted by Gasteiger charge is 2.31. The molecule has 1 rings (SSSR count). The van der Waals surface area contributed by atoms with Crippen LogP contribution in [0.5, 0.6) is 0 Å². The monoisotopic (exact) mass is 281 g/mol. The summed E-state index contributed by atoms with van der Waals surface area (Å²) >= 11 is 0. The van der Waals surface area contributed by atoms with Gasteiger partial charge in [0, 0.05) is 32.0 Å². The van der Waals surface area contributed by atoms with Gasteiger partial charge in [0.2, 0.25) is 5.91 Å². The third-order valence-electron chi connectivity index (χ3n) is 3.48. The Labute approximate surface area is 121 Å². The summed E-state index contributed by atoms with van der Waals surface area (Å²) in [6, 6.07) is 0.215. The molecule has 6 heteroatoms. The third-order valence-corrected chi connectivity index (χ3v) is 3.48. The summed E-state index contributed by atoms with van der Waals surface area (Å²) < 4.78 is 2.00. The maximum absolute atomic E-state index is 11.7. The van der Waals surface area contributed by atoms with Gasteiger partial charge in [-0.2, -0.15) is 0 Å². The van der Waals surface area contributed by atoms with E-state index in [9.17, 15) is 4.79 Å². The summed E-state index contributed by atoms with van der Waals surface area (Å²) in [7, 11) is 4.00. The SMILES string of the molecule is CC(C)NC(C)(CCN(C)Cc1nccn1C)C(N)=O. The third kappa shape index (κ3) is 4.61. The van der Waals surface area contributed by atoms with Gasteiger partial charge < -0.3 is 15.6 Å². The largest absolute Gasteiger partial charge is 0.368 e. The van der Waals surface area contributed by atoms with Crippen molar-refractivity contribution in [2.75, 3.05) is 13.6 Å². The van der Waals surface area contributed by atoms with E-state index in [1.807, 2.05) is 45.6 Å². The minimum absolute atomic E-state index is 0.215. The topological polar surface area (TPSA) is 76.2 Å². The molecular weight excluding hydrogens is 254 g/mol. The lowest BCUT2D eigenvalue weighted by Crippen LogP contribution is -2.56. The van der Waals surface area contributed by atoms with Gasteiger partial charge in [-0.1, -0.05) is 0 Å². The number of aromatic nitrogens is 2. The zero-order valence-corrected chi connectivity index (χ0v) is 13.2. The molecule has 1 amide bonds. The molecule has 0 aromatic carbocycles. The summed E-state index contributed by atoms with van der Waals surface area (Å²) in [5, 5.41) is 3.26. The Morgan fingerprint density at radius 2 is 2.25 bits per heavy atom. The number of carbonyl (C=O) groups is 1. The van der Waals surface area contributed by atoms with E-state index < -0.39 is 5.54 Å². The molecule has 1 aromatic heterocycles. The van der Waals surface area contributed by atoms with Gasteiger partial charge in [-0.05, 0) is 34.2 Å². The zero-order chi connectivity index (χ0) is 15.3. The lowest BCUT2D eigenvalue weighted by atomic mass is 9.95. The van der Waals surface area contributed by atoms with Crippen molar-refractivity contribution in [1.29, 1.82) is 0 Å². The molecule has 1 heterocycles. The van der Waals surface area contributed by atoms with E-state index in [1.165, 1.54) is 0 Å². The van der Waals surface area contributed by atoms with E-state index >= 15 is 0 Å². The Morgan fingerprint density at radius 1 is 1.60 bits per heavy atom. The maximum Gasteiger partial charge on any atom is 0.237 e. The van der Waals surface area contributed by atoms with Crippen LogP contribution in [0, 0.1) is 0 Å². The first-order valence-electron chi connectivity index (χ1n) is 6.97. The van der Waals surface area contributed by atoms with Gasteiger partial charge in [0.05, 0.1) is 12.1 Å². The molecule has 1 aromatic rings. The van der Waals surface area contributed by atoms with Crippen molar-refractivity contribution in [3.63, 3.8) is 0 Å². The molecule has 0 saturated carbocycles. The summed E-state index contributed by atoms with van der Waals surface area (Å²) in [5.41, 5.74) is 4.85. The fraction of sp³-hybridized carbons (Fsp3) is 0.714. The number of nitrogens with two attached hydrogens (primary N) is 1. The minimum Gasteiger partial charge on any atom is -0.368 e. The number of hydrogen-bond acceptors (Lipinski definition) is 4. The Hall–Kier alpha value is -1.40. The van der Waals surface area contributed by atoms with Crippen molar-refractivity contribution in [3.8, 4) is 0 Å². The molecule has 0 spiro atoms. The standard InChI is InChI=1S/C14H27N5O/c1-11(2)17-14(3,13(15)20)6-8-18(4)10-12-16-7-9-19(12)5/h7,9,11,17H,6,8,10H2,1-5H3,(H2,15,20). The molecule has 1 atom stereocenters. The van der Waals surface area contributed by atoms with Crippen molar-refractivity contribution in [2.45, 2.75) is 45.3 Å². The number of hydrogen-bond donors (Lipinski definition) is 2. The number of carbonyl (C=O) groups excluding carboxylic acids is 1. The number of nitrogens with one attached hydrogen (secondary N) is 1. The molecule has 1 unspecified atom stereocenters. The van der Waals surface area contributed by atoms with Gasteiger partial charge in [-0.15, -0.1) is 0 Å². The van der Waals surface area contributed by atoms with E-state index in [-0.39, 0.29) is 11.9 Å². The van der Waals surface area contributed by atoms with E-state index in [0.717, 1.165) is 18.9 Å². The van der Waals surface area contributed by atoms with Gasteiger partial charge in [-0.3, -0.25) is 9.69 Å². The molecule has 0 fully saturated rings. The lowest BCUT2D eigenvalue weighted by Gasteiger charge is -2.31. The van der Waals surface area contributed by atoms with Gasteiger partial charge in [0.15, 0.2) is 0 Å². The van der Waals surface area contributed by atoms with Crippen LogP contribution in [-0.2, 0) is 18.4 Å². The number of primary amides is 1. The lowest BCUT2D eigenvalue weighted by molar-refractivity contribution is -0.124. The zero-order valence-electron chi connectivity index (χ0n) is 13.2. The fourth-order valence-electron chi connectivity index (χ4n) is 2.19. The first-order valence-corrected chi connectivity index (χ1v) is 6.97. The van der Waals surface area contributed by atoms with Crippen molar-refractivity contribution in [2.24, 2.45) is 12.8 Å². The fourth-order valence-corrected chi connectivity index (χ4v) is 2.19. The average molecular weight is 281 g/mol. The highest BCUT2D eigenvalue weighted by Crippen LogP contribution is 2.12. The Morgan fingerprint density at radius 3 is 2.70 bits per heavy atom. The van der Waals surface area contributed by atoms with Crippen molar-refractivity contribution < 1.29 is 4.79 Å². The number of nitrogens with zero attached hydrogens (tertiary/aromatic N) is 3. The normalized spacial score (nSPS) is 14.8. The second-order valence-electron chi connectivity index (χ2n) is 5.94. The average Bonchev–Trinajstić information content (AvgIpc) is 2.71. The second-order valence-corrected chi connectivity index (χ2v) is 5.94. The molecule has 0 aliphatic rings. The van der Waals surface area contributed by atoms with Crippen molar-refractivity contribution in [3.05, 3.63) is 18.2 Å².